The van der Waals surface area contributed by atoms with Crippen molar-refractivity contribution in [1.29, 1.82) is 0 Å². The Balaban J connectivity index is 1.68. The Labute approximate surface area is 476 Å². The lowest BCUT2D eigenvalue weighted by atomic mass is 10.0. The molecule has 0 spiro atoms. The van der Waals surface area contributed by atoms with Gasteiger partial charge >= 0.3 is 47.8 Å². The molecule has 5 atom stereocenters. The van der Waals surface area contributed by atoms with E-state index in [0.29, 0.717) is 11.1 Å². The first-order chi connectivity index (χ1) is 39.4. The van der Waals surface area contributed by atoms with Crippen LogP contribution in [0.2, 0.25) is 0 Å². The molecule has 1 aliphatic heterocycles. The molecule has 1 saturated heterocycles. The summed E-state index contributed by atoms with van der Waals surface area (Å²) in [7, 11) is 0. The number of amides is 7. The van der Waals surface area contributed by atoms with E-state index in [9.17, 15) is 93.0 Å². The van der Waals surface area contributed by atoms with Crippen LogP contribution in [-0.4, -0.2) is 255 Å². The van der Waals surface area contributed by atoms with E-state index >= 15 is 0 Å². The highest BCUT2D eigenvalue weighted by Gasteiger charge is 2.32. The van der Waals surface area contributed by atoms with Gasteiger partial charge in [0, 0.05) is 97.6 Å². The van der Waals surface area contributed by atoms with E-state index in [-0.39, 0.29) is 91.4 Å². The molecule has 3 unspecified atom stereocenters. The van der Waals surface area contributed by atoms with Crippen LogP contribution in [0.3, 0.4) is 0 Å². The van der Waals surface area contributed by atoms with Gasteiger partial charge in [-0.2, -0.15) is 0 Å². The first-order valence-corrected chi connectivity index (χ1v) is 26.4. The molecule has 31 heteroatoms. The number of nitrogens with zero attached hydrogens (tertiary/aromatic N) is 4. The van der Waals surface area contributed by atoms with Crippen LogP contribution in [0.15, 0.2) is 60.7 Å². The second-order valence-electron chi connectivity index (χ2n) is 19.4. The summed E-state index contributed by atoms with van der Waals surface area (Å²) in [6.07, 6.45) is -3.10. The van der Waals surface area contributed by atoms with E-state index in [1.54, 1.807) is 80.3 Å². The number of carboxylic acid groups (broad SMARTS) is 7. The molecule has 31 nitrogen and oxygen atoms in total. The Kier molecular flexibility index (Phi) is 30.1. The fourth-order valence-electron chi connectivity index (χ4n) is 8.42. The van der Waals surface area contributed by atoms with Gasteiger partial charge in [-0.1, -0.05) is 60.7 Å². The van der Waals surface area contributed by atoms with E-state index in [1.165, 1.54) is 0 Å². The van der Waals surface area contributed by atoms with Crippen molar-refractivity contribution in [2.45, 2.75) is 81.6 Å². The summed E-state index contributed by atoms with van der Waals surface area (Å²) in [6, 6.07) is 7.98. The number of urea groups is 1. The minimum atomic E-state index is -1.66. The van der Waals surface area contributed by atoms with E-state index in [2.05, 4.69) is 26.6 Å². The minimum absolute atomic E-state index is 0.0825. The number of carboxylic acids is 7. The lowest BCUT2D eigenvalue weighted by Crippen LogP contribution is -2.57. The highest BCUT2D eigenvalue weighted by molar-refractivity contribution is 5.94. The van der Waals surface area contributed by atoms with Gasteiger partial charge in [-0.3, -0.25) is 62.8 Å². The minimum Gasteiger partial charge on any atom is -0.481 e. The molecule has 2 aromatic carbocycles. The van der Waals surface area contributed by atoms with Crippen molar-refractivity contribution in [2.75, 3.05) is 91.6 Å². The maximum Gasteiger partial charge on any atom is 0.326 e. The normalized spacial score (nSPS) is 15.6. The molecule has 0 saturated carbocycles. The van der Waals surface area contributed by atoms with Gasteiger partial charge in [-0.25, -0.2) is 19.2 Å². The SMILES string of the molecule is O=C(O)CC[C@H](NC(=O)NC(CCC(=O)NCCNC(=O)CC[C@@H](NC(=O)C(Cc1ccccc1)NC(=O)C(Cc1ccccc1)NC(=O)CN1CCN(CC(=O)O)CCN(CC(=O)O)CCN(CC(=O)O)CC1)C(=O)O)C(=O)O)C(=O)O. The summed E-state index contributed by atoms with van der Waals surface area (Å²) in [6.45, 7) is -0.833. The van der Waals surface area contributed by atoms with Crippen molar-refractivity contribution in [3.8, 4) is 0 Å². The van der Waals surface area contributed by atoms with Crippen LogP contribution in [0.5, 0.6) is 0 Å². The molecular weight excluding hydrogens is 1100 g/mol. The molecule has 0 aromatic heterocycles. The quantitative estimate of drug-likeness (QED) is 0.0301. The summed E-state index contributed by atoms with van der Waals surface area (Å²) >= 11 is 0. The maximum absolute atomic E-state index is 14.4. The van der Waals surface area contributed by atoms with Gasteiger partial charge in [0.15, 0.2) is 0 Å². The first kappa shape index (κ1) is 68.5. The zero-order chi connectivity index (χ0) is 61.4. The number of nitrogens with one attached hydrogen (secondary N) is 7. The molecule has 0 radical (unpaired) electrons. The topological polar surface area (TPSA) is 461 Å². The predicted octanol–water partition coefficient (Wildman–Crippen LogP) is -3.65. The summed E-state index contributed by atoms with van der Waals surface area (Å²) in [5.74, 6) is -13.2. The van der Waals surface area contributed by atoms with Crippen molar-refractivity contribution < 1.29 is 98.1 Å². The van der Waals surface area contributed by atoms with Gasteiger partial charge < -0.3 is 73.0 Å². The molecule has 0 bridgehead atoms. The predicted molar refractivity (Wildman–Crippen MR) is 288 cm³/mol. The van der Waals surface area contributed by atoms with E-state index < -0.39 is 159 Å². The van der Waals surface area contributed by atoms with Crippen molar-refractivity contribution in [3.63, 3.8) is 0 Å². The molecule has 3 rings (SSSR count). The zero-order valence-electron chi connectivity index (χ0n) is 45.4. The van der Waals surface area contributed by atoms with E-state index in [1.807, 2.05) is 10.6 Å². The average molecular weight is 1170 g/mol. The van der Waals surface area contributed by atoms with Crippen molar-refractivity contribution in [1.82, 2.24) is 56.8 Å². The van der Waals surface area contributed by atoms with Crippen molar-refractivity contribution in [3.05, 3.63) is 71.8 Å². The van der Waals surface area contributed by atoms with Crippen LogP contribution in [0.4, 0.5) is 4.79 Å². The maximum atomic E-state index is 14.4. The van der Waals surface area contributed by atoms with Crippen LogP contribution in [-0.2, 0) is 70.4 Å². The van der Waals surface area contributed by atoms with Crippen LogP contribution in [0.25, 0.3) is 0 Å². The lowest BCUT2D eigenvalue weighted by Gasteiger charge is -2.33. The average Bonchev–Trinajstić information content (AvgIpc) is 3.53. The van der Waals surface area contributed by atoms with Gasteiger partial charge in [-0.05, 0) is 30.4 Å². The number of hydrogen-bond acceptors (Lipinski definition) is 17. The number of benzene rings is 2. The molecule has 0 aliphatic carbocycles. The third kappa shape index (κ3) is 29.0. The monoisotopic (exact) mass is 1170 g/mol. The summed E-state index contributed by atoms with van der Waals surface area (Å²) in [5.41, 5.74) is 1.16. The zero-order valence-corrected chi connectivity index (χ0v) is 45.4. The Morgan fingerprint density at radius 3 is 1.01 bits per heavy atom. The standard InChI is InChI=1S/C52H73N11O20/c64-40(53-17-18-54-41(65)15-12-36(50(79)80)58-52(83)59-37(51(81)82)13-16-43(67)68)14-11-35(49(77)78)56-48(76)39(28-34-9-5-2-6-10-34)57-47(75)38(27-33-7-3-1-4-8-33)55-42(66)29-60-19-21-61(30-44(69)70)23-25-63(32-46(73)74)26-24-62(22-20-60)31-45(71)72/h1-10,35-39H,11-32H2,(H,53,64)(H,54,65)(H,55,66)(H,56,76)(H,57,75)(H,67,68)(H,69,70)(H,71,72)(H,73,74)(H,77,78)(H,79,80)(H,81,82)(H2,58,59,83)/t35-,36?,37+,38?,39?/m1/s1. The molecule has 456 valence electrons. The summed E-state index contributed by atoms with van der Waals surface area (Å²) < 4.78 is 0. The Morgan fingerprint density at radius 1 is 0.361 bits per heavy atom. The highest BCUT2D eigenvalue weighted by atomic mass is 16.4. The van der Waals surface area contributed by atoms with Crippen LogP contribution >= 0.6 is 0 Å². The van der Waals surface area contributed by atoms with E-state index in [4.69, 9.17) is 5.11 Å². The Bertz CT molecular complexity index is 2510. The number of carbonyl (C=O) groups excluding carboxylic acids is 6. The van der Waals surface area contributed by atoms with Crippen molar-refractivity contribution in [2.24, 2.45) is 0 Å². The first-order valence-electron chi connectivity index (χ1n) is 26.4. The summed E-state index contributed by atoms with van der Waals surface area (Å²) in [4.78, 5) is 168. The molecule has 14 N–H and O–H groups in total. The third-order valence-electron chi connectivity index (χ3n) is 12.8. The number of aliphatic carboxylic acids is 7. The Morgan fingerprint density at radius 2 is 0.675 bits per heavy atom. The number of carbonyl (C=O) groups is 13. The largest absolute Gasteiger partial charge is 0.481 e. The fraction of sp³-hybridized carbons (Fsp3) is 0.519. The van der Waals surface area contributed by atoms with Gasteiger partial charge in [0.1, 0.15) is 30.2 Å². The molecule has 7 amide bonds. The van der Waals surface area contributed by atoms with Gasteiger partial charge in [0.2, 0.25) is 29.5 Å². The van der Waals surface area contributed by atoms with Crippen molar-refractivity contribution >= 4 is 77.4 Å². The smallest absolute Gasteiger partial charge is 0.326 e. The fourth-order valence-corrected chi connectivity index (χ4v) is 8.42. The Hall–Kier alpha value is -8.81. The second kappa shape index (κ2) is 36.5. The van der Waals surface area contributed by atoms with E-state index in [0.717, 1.165) is 0 Å². The summed E-state index contributed by atoms with van der Waals surface area (Å²) in [5, 5.41) is 83.1. The third-order valence-corrected chi connectivity index (χ3v) is 12.8. The number of rotatable bonds is 34. The lowest BCUT2D eigenvalue weighted by molar-refractivity contribution is -0.143. The van der Waals surface area contributed by atoms with Crippen LogP contribution < -0.4 is 37.2 Å². The van der Waals surface area contributed by atoms with Gasteiger partial charge in [-0.15, -0.1) is 0 Å². The molecule has 1 fully saturated rings. The van der Waals surface area contributed by atoms with Crippen LogP contribution in [0.1, 0.15) is 49.7 Å². The molecule has 1 aliphatic rings. The highest BCUT2D eigenvalue weighted by Crippen LogP contribution is 2.10. The molecule has 1 heterocycles. The molecule has 83 heavy (non-hydrogen) atoms. The molecule has 2 aromatic rings. The number of hydrogen-bond donors (Lipinski definition) is 14. The second-order valence-corrected chi connectivity index (χ2v) is 19.4. The van der Waals surface area contributed by atoms with Gasteiger partial charge in [0.05, 0.1) is 26.2 Å². The van der Waals surface area contributed by atoms with Crippen LogP contribution in [0, 0.1) is 0 Å². The molecular formula is C52H73N11O20. The van der Waals surface area contributed by atoms with Gasteiger partial charge in [0.25, 0.3) is 0 Å².